The largest absolute Gasteiger partial charge is 0.416 e. The lowest BCUT2D eigenvalue weighted by atomic mass is 10.1. The van der Waals surface area contributed by atoms with Crippen molar-refractivity contribution in [3.05, 3.63) is 63.0 Å². The van der Waals surface area contributed by atoms with Gasteiger partial charge in [0.25, 0.3) is 5.56 Å². The maximum absolute atomic E-state index is 13.3. The third-order valence-corrected chi connectivity index (χ3v) is 5.38. The first-order chi connectivity index (χ1) is 14.3. The molecule has 0 spiro atoms. The second-order valence-electron chi connectivity index (χ2n) is 7.04. The zero-order valence-electron chi connectivity index (χ0n) is 15.8. The van der Waals surface area contributed by atoms with Crippen LogP contribution in [0.25, 0.3) is 10.8 Å². The normalized spacial score (nSPS) is 14.9. The summed E-state index contributed by atoms with van der Waals surface area (Å²) in [7, 11) is 0. The van der Waals surface area contributed by atoms with Crippen molar-refractivity contribution in [2.75, 3.05) is 36.4 Å². The highest BCUT2D eigenvalue weighted by Gasteiger charge is 2.31. The van der Waals surface area contributed by atoms with Gasteiger partial charge in [-0.05, 0) is 42.0 Å². The number of fused-ring (bicyclic) bond motifs is 1. The number of H-pyrrole nitrogens is 1. The minimum atomic E-state index is -4.42. The summed E-state index contributed by atoms with van der Waals surface area (Å²) in [5, 5.41) is 13.4. The molecular formula is C20H19ClF3N5O. The van der Waals surface area contributed by atoms with E-state index in [0.717, 1.165) is 37.9 Å². The Kier molecular flexibility index (Phi) is 5.57. The Morgan fingerprint density at radius 3 is 2.60 bits per heavy atom. The topological polar surface area (TPSA) is 73.0 Å². The average Bonchev–Trinajstić information content (AvgIpc) is 2.75. The summed E-state index contributed by atoms with van der Waals surface area (Å²) < 4.78 is 39.8. The third-order valence-electron chi connectivity index (χ3n) is 5.09. The molecule has 1 saturated heterocycles. The minimum absolute atomic E-state index is 0.147. The molecule has 10 heteroatoms. The molecular weight excluding hydrogens is 419 g/mol. The minimum Gasteiger partial charge on any atom is -0.381 e. The molecule has 1 aromatic heterocycles. The van der Waals surface area contributed by atoms with E-state index >= 15 is 0 Å². The van der Waals surface area contributed by atoms with Gasteiger partial charge in [-0.1, -0.05) is 11.6 Å². The molecule has 2 aromatic carbocycles. The third kappa shape index (κ3) is 4.22. The lowest BCUT2D eigenvalue weighted by Gasteiger charge is -2.31. The summed E-state index contributed by atoms with van der Waals surface area (Å²) in [6.07, 6.45) is -4.42. The second kappa shape index (κ2) is 8.16. The Hall–Kier alpha value is -2.78. The van der Waals surface area contributed by atoms with E-state index in [2.05, 4.69) is 25.7 Å². The number of hydrogen-bond donors (Lipinski definition) is 3. The smallest absolute Gasteiger partial charge is 0.381 e. The van der Waals surface area contributed by atoms with Gasteiger partial charge in [0.2, 0.25) is 0 Å². The zero-order chi connectivity index (χ0) is 21.3. The molecule has 0 unspecified atom stereocenters. The number of alkyl halides is 3. The lowest BCUT2D eigenvalue weighted by Crippen LogP contribution is -2.44. The molecule has 0 amide bonds. The summed E-state index contributed by atoms with van der Waals surface area (Å²) in [4.78, 5) is 13.9. The fourth-order valence-electron chi connectivity index (χ4n) is 3.56. The standard InChI is InChI=1S/C20H19ClF3N5O/c21-18-16-10-14(2-3-15(16)19(30)28-27-18)26-11-12-9-13(20(22,23)24)1-4-17(12)29-7-5-25-6-8-29/h1-4,9-10,25-26H,5-8,11H2,(H,28,30). The van der Waals surface area contributed by atoms with E-state index < -0.39 is 11.7 Å². The van der Waals surface area contributed by atoms with Crippen molar-refractivity contribution in [3.63, 3.8) is 0 Å². The van der Waals surface area contributed by atoms with Crippen molar-refractivity contribution in [3.8, 4) is 0 Å². The molecule has 4 rings (SSSR count). The van der Waals surface area contributed by atoms with Crippen molar-refractivity contribution in [1.82, 2.24) is 15.5 Å². The molecule has 0 saturated carbocycles. The maximum Gasteiger partial charge on any atom is 0.416 e. The predicted molar refractivity (Wildman–Crippen MR) is 111 cm³/mol. The van der Waals surface area contributed by atoms with E-state index in [1.165, 1.54) is 12.1 Å². The zero-order valence-corrected chi connectivity index (χ0v) is 16.6. The predicted octanol–water partition coefficient (Wildman–Crippen LogP) is 3.62. The van der Waals surface area contributed by atoms with Gasteiger partial charge in [0.05, 0.1) is 10.9 Å². The summed E-state index contributed by atoms with van der Waals surface area (Å²) in [6, 6.07) is 8.79. The highest BCUT2D eigenvalue weighted by molar-refractivity contribution is 6.34. The number of anilines is 2. The number of nitrogens with one attached hydrogen (secondary N) is 3. The number of halogens is 4. The van der Waals surface area contributed by atoms with Crippen LogP contribution in [0, 0.1) is 0 Å². The molecule has 0 atom stereocenters. The Morgan fingerprint density at radius 2 is 1.87 bits per heavy atom. The first-order valence-electron chi connectivity index (χ1n) is 9.40. The number of rotatable bonds is 4. The fraction of sp³-hybridized carbons (Fsp3) is 0.300. The molecule has 3 aromatic rings. The molecule has 1 aliphatic rings. The van der Waals surface area contributed by atoms with Crippen LogP contribution in [0.3, 0.4) is 0 Å². The number of aromatic amines is 1. The molecule has 1 aliphatic heterocycles. The van der Waals surface area contributed by atoms with E-state index in [9.17, 15) is 18.0 Å². The summed E-state index contributed by atoms with van der Waals surface area (Å²) in [5.41, 5.74) is 0.895. The van der Waals surface area contributed by atoms with Gasteiger partial charge >= 0.3 is 6.18 Å². The van der Waals surface area contributed by atoms with Crippen LogP contribution >= 0.6 is 11.6 Å². The van der Waals surface area contributed by atoms with Crippen molar-refractivity contribution in [2.24, 2.45) is 0 Å². The van der Waals surface area contributed by atoms with E-state index in [4.69, 9.17) is 11.6 Å². The molecule has 3 N–H and O–H groups in total. The van der Waals surface area contributed by atoms with E-state index in [1.807, 2.05) is 0 Å². The highest BCUT2D eigenvalue weighted by Crippen LogP contribution is 2.33. The van der Waals surface area contributed by atoms with Gasteiger partial charge < -0.3 is 15.5 Å². The molecule has 6 nitrogen and oxygen atoms in total. The summed E-state index contributed by atoms with van der Waals surface area (Å²) in [5.74, 6) is 0. The monoisotopic (exact) mass is 437 g/mol. The van der Waals surface area contributed by atoms with Gasteiger partial charge in [0.15, 0.2) is 5.15 Å². The summed E-state index contributed by atoms with van der Waals surface area (Å²) >= 11 is 6.07. The molecule has 0 aliphatic carbocycles. The molecule has 0 bridgehead atoms. The van der Waals surface area contributed by atoms with Crippen molar-refractivity contribution >= 4 is 33.7 Å². The number of hydrogen-bond acceptors (Lipinski definition) is 5. The van der Waals surface area contributed by atoms with Gasteiger partial charge in [-0.3, -0.25) is 4.79 Å². The van der Waals surface area contributed by atoms with Gasteiger partial charge in [-0.15, -0.1) is 0 Å². The van der Waals surface area contributed by atoms with Crippen LogP contribution in [0.15, 0.2) is 41.2 Å². The summed E-state index contributed by atoms with van der Waals surface area (Å²) in [6.45, 7) is 3.18. The van der Waals surface area contributed by atoms with Gasteiger partial charge in [0.1, 0.15) is 0 Å². The SMILES string of the molecule is O=c1[nH]nc(Cl)c2cc(NCc3cc(C(F)(F)F)ccc3N3CCNCC3)ccc12. The van der Waals surface area contributed by atoms with Gasteiger partial charge in [0, 0.05) is 49.5 Å². The van der Waals surface area contributed by atoms with Crippen LogP contribution in [0.1, 0.15) is 11.1 Å². The molecule has 1 fully saturated rings. The first-order valence-corrected chi connectivity index (χ1v) is 9.78. The van der Waals surface area contributed by atoms with Crippen molar-refractivity contribution in [1.29, 1.82) is 0 Å². The quantitative estimate of drug-likeness (QED) is 0.581. The number of benzene rings is 2. The van der Waals surface area contributed by atoms with Crippen LogP contribution in [0.4, 0.5) is 24.5 Å². The van der Waals surface area contributed by atoms with Gasteiger partial charge in [-0.25, -0.2) is 5.10 Å². The Bertz CT molecular complexity index is 1130. The highest BCUT2D eigenvalue weighted by atomic mass is 35.5. The average molecular weight is 438 g/mol. The van der Waals surface area contributed by atoms with Crippen molar-refractivity contribution in [2.45, 2.75) is 12.7 Å². The lowest BCUT2D eigenvalue weighted by molar-refractivity contribution is -0.137. The van der Waals surface area contributed by atoms with Gasteiger partial charge in [-0.2, -0.15) is 18.3 Å². The second-order valence-corrected chi connectivity index (χ2v) is 7.39. The number of aromatic nitrogens is 2. The number of piperazine rings is 1. The van der Waals surface area contributed by atoms with Crippen LogP contribution in [-0.4, -0.2) is 36.4 Å². The number of nitrogens with zero attached hydrogens (tertiary/aromatic N) is 2. The van der Waals surface area contributed by atoms with Crippen LogP contribution in [0.5, 0.6) is 0 Å². The van der Waals surface area contributed by atoms with Crippen LogP contribution < -0.4 is 21.1 Å². The molecule has 158 valence electrons. The van der Waals surface area contributed by atoms with E-state index in [1.54, 1.807) is 18.2 Å². The molecule has 2 heterocycles. The van der Waals surface area contributed by atoms with Crippen LogP contribution in [-0.2, 0) is 12.7 Å². The first kappa shape index (κ1) is 20.5. The van der Waals surface area contributed by atoms with Crippen LogP contribution in [0.2, 0.25) is 5.15 Å². The Morgan fingerprint density at radius 1 is 1.10 bits per heavy atom. The fourth-order valence-corrected chi connectivity index (χ4v) is 3.76. The Balaban J connectivity index is 1.65. The van der Waals surface area contributed by atoms with E-state index in [-0.39, 0.29) is 17.3 Å². The Labute approximate surface area is 175 Å². The van der Waals surface area contributed by atoms with E-state index in [0.29, 0.717) is 22.0 Å². The maximum atomic E-state index is 13.3. The van der Waals surface area contributed by atoms with Crippen molar-refractivity contribution < 1.29 is 13.2 Å². The molecule has 30 heavy (non-hydrogen) atoms. The molecule has 0 radical (unpaired) electrons.